The molecule has 96 valence electrons. The molecule has 1 aliphatic heterocycles. The maximum Gasteiger partial charge on any atom is 0.243 e. The molecular formula is C13H18N4O. The van der Waals surface area contributed by atoms with Crippen LogP contribution in [0, 0.1) is 17.2 Å². The van der Waals surface area contributed by atoms with E-state index >= 15 is 0 Å². The van der Waals surface area contributed by atoms with Crippen LogP contribution in [0.15, 0.2) is 4.52 Å². The van der Waals surface area contributed by atoms with Gasteiger partial charge in [-0.15, -0.1) is 0 Å². The van der Waals surface area contributed by atoms with Gasteiger partial charge >= 0.3 is 0 Å². The molecule has 0 spiro atoms. The molecule has 0 N–H and O–H groups in total. The average Bonchev–Trinajstić information content (AvgIpc) is 3.16. The van der Waals surface area contributed by atoms with Gasteiger partial charge in [-0.3, -0.25) is 4.90 Å². The summed E-state index contributed by atoms with van der Waals surface area (Å²) in [7, 11) is 0. The first-order valence-corrected chi connectivity index (χ1v) is 6.75. The topological polar surface area (TPSA) is 66.0 Å². The van der Waals surface area contributed by atoms with E-state index in [-0.39, 0.29) is 12.0 Å². The Morgan fingerprint density at radius 3 is 2.67 bits per heavy atom. The van der Waals surface area contributed by atoms with Crippen LogP contribution in [0.2, 0.25) is 0 Å². The fraction of sp³-hybridized carbons (Fsp3) is 0.769. The fourth-order valence-electron chi connectivity index (χ4n) is 2.50. The molecule has 1 aromatic rings. The highest BCUT2D eigenvalue weighted by Gasteiger charge is 2.31. The van der Waals surface area contributed by atoms with Gasteiger partial charge < -0.3 is 4.52 Å². The minimum atomic E-state index is 0.171. The number of likely N-dealkylation sites (tertiary alicyclic amines) is 1. The van der Waals surface area contributed by atoms with Crippen LogP contribution in [0.5, 0.6) is 0 Å². The Labute approximate surface area is 107 Å². The summed E-state index contributed by atoms with van der Waals surface area (Å²) in [5.74, 6) is 2.37. The van der Waals surface area contributed by atoms with Crippen molar-refractivity contribution in [3.8, 4) is 6.07 Å². The van der Waals surface area contributed by atoms with E-state index in [2.05, 4.69) is 28.0 Å². The molecule has 1 unspecified atom stereocenters. The SMILES string of the molecule is CC(c1nc(C2CC2)no1)N1CCC(C#N)CC1. The van der Waals surface area contributed by atoms with E-state index < -0.39 is 0 Å². The second-order valence-corrected chi connectivity index (χ2v) is 5.38. The largest absolute Gasteiger partial charge is 0.338 e. The van der Waals surface area contributed by atoms with Crippen molar-refractivity contribution in [1.29, 1.82) is 5.26 Å². The highest BCUT2D eigenvalue weighted by Crippen LogP contribution is 2.38. The maximum atomic E-state index is 8.89. The van der Waals surface area contributed by atoms with Crippen LogP contribution < -0.4 is 0 Å². The van der Waals surface area contributed by atoms with Crippen LogP contribution in [0.4, 0.5) is 0 Å². The molecular weight excluding hydrogens is 228 g/mol. The van der Waals surface area contributed by atoms with Gasteiger partial charge in [0.25, 0.3) is 0 Å². The van der Waals surface area contributed by atoms with Crippen molar-refractivity contribution in [3.63, 3.8) is 0 Å². The Morgan fingerprint density at radius 1 is 1.33 bits per heavy atom. The summed E-state index contributed by atoms with van der Waals surface area (Å²) in [6, 6.07) is 2.52. The number of piperidine rings is 1. The van der Waals surface area contributed by atoms with Gasteiger partial charge in [0, 0.05) is 24.9 Å². The lowest BCUT2D eigenvalue weighted by atomic mass is 9.97. The third-order valence-electron chi connectivity index (χ3n) is 4.02. The number of hydrogen-bond donors (Lipinski definition) is 0. The van der Waals surface area contributed by atoms with Crippen molar-refractivity contribution in [2.24, 2.45) is 5.92 Å². The first kappa shape index (κ1) is 11.7. The molecule has 1 aliphatic carbocycles. The highest BCUT2D eigenvalue weighted by atomic mass is 16.5. The van der Waals surface area contributed by atoms with E-state index in [4.69, 9.17) is 9.78 Å². The molecule has 5 heteroatoms. The highest BCUT2D eigenvalue weighted by molar-refractivity contribution is 5.05. The summed E-state index contributed by atoms with van der Waals surface area (Å²) in [4.78, 5) is 6.83. The molecule has 0 bridgehead atoms. The van der Waals surface area contributed by atoms with E-state index in [0.29, 0.717) is 5.92 Å². The summed E-state index contributed by atoms with van der Waals surface area (Å²) in [5.41, 5.74) is 0. The molecule has 0 amide bonds. The Morgan fingerprint density at radius 2 is 2.06 bits per heavy atom. The van der Waals surface area contributed by atoms with Gasteiger partial charge in [-0.25, -0.2) is 0 Å². The Bertz CT molecular complexity index is 452. The number of nitrogens with zero attached hydrogens (tertiary/aromatic N) is 4. The van der Waals surface area contributed by atoms with Gasteiger partial charge in [0.1, 0.15) is 0 Å². The molecule has 1 aromatic heterocycles. The number of hydrogen-bond acceptors (Lipinski definition) is 5. The van der Waals surface area contributed by atoms with Gasteiger partial charge in [0.2, 0.25) is 5.89 Å². The molecule has 2 aliphatic rings. The predicted octanol–water partition coefficient (Wildman–Crippen LogP) is 2.24. The summed E-state index contributed by atoms with van der Waals surface area (Å²) in [6.45, 7) is 4.00. The number of nitriles is 1. The summed E-state index contributed by atoms with van der Waals surface area (Å²) < 4.78 is 5.37. The van der Waals surface area contributed by atoms with E-state index in [1.165, 1.54) is 12.8 Å². The molecule has 0 aromatic carbocycles. The lowest BCUT2D eigenvalue weighted by molar-refractivity contribution is 0.132. The molecule has 1 saturated heterocycles. The van der Waals surface area contributed by atoms with Crippen molar-refractivity contribution >= 4 is 0 Å². The summed E-state index contributed by atoms with van der Waals surface area (Å²) in [5, 5.41) is 13.0. The van der Waals surface area contributed by atoms with Crippen LogP contribution in [-0.4, -0.2) is 28.1 Å². The zero-order valence-electron chi connectivity index (χ0n) is 10.7. The second-order valence-electron chi connectivity index (χ2n) is 5.38. The molecule has 3 rings (SSSR count). The van der Waals surface area contributed by atoms with Gasteiger partial charge in [0.15, 0.2) is 5.82 Å². The molecule has 5 nitrogen and oxygen atoms in total. The minimum absolute atomic E-state index is 0.171. The van der Waals surface area contributed by atoms with E-state index in [1.807, 2.05) is 0 Å². The first-order valence-electron chi connectivity index (χ1n) is 6.75. The van der Waals surface area contributed by atoms with Crippen LogP contribution >= 0.6 is 0 Å². The van der Waals surface area contributed by atoms with Crippen LogP contribution in [0.1, 0.15) is 56.3 Å². The lowest BCUT2D eigenvalue weighted by Crippen LogP contribution is -2.35. The second kappa shape index (κ2) is 4.69. The molecule has 1 saturated carbocycles. The third-order valence-corrected chi connectivity index (χ3v) is 4.02. The molecule has 0 radical (unpaired) electrons. The standard InChI is InChI=1S/C13H18N4O/c1-9(17-6-4-10(8-14)5-7-17)13-15-12(16-18-13)11-2-3-11/h9-11H,2-7H2,1H3. The fourth-order valence-corrected chi connectivity index (χ4v) is 2.50. The van der Waals surface area contributed by atoms with Gasteiger partial charge in [0.05, 0.1) is 12.1 Å². The zero-order chi connectivity index (χ0) is 12.5. The van der Waals surface area contributed by atoms with Crippen molar-refractivity contribution in [2.75, 3.05) is 13.1 Å². The van der Waals surface area contributed by atoms with Crippen molar-refractivity contribution in [2.45, 2.75) is 44.6 Å². The monoisotopic (exact) mass is 246 g/mol. The van der Waals surface area contributed by atoms with Crippen LogP contribution in [0.3, 0.4) is 0 Å². The average molecular weight is 246 g/mol. The Kier molecular flexibility index (Phi) is 3.04. The zero-order valence-corrected chi connectivity index (χ0v) is 10.7. The smallest absolute Gasteiger partial charge is 0.243 e. The van der Waals surface area contributed by atoms with E-state index in [1.54, 1.807) is 0 Å². The van der Waals surface area contributed by atoms with Crippen LogP contribution in [-0.2, 0) is 0 Å². The quantitative estimate of drug-likeness (QED) is 0.818. The van der Waals surface area contributed by atoms with Crippen molar-refractivity contribution in [1.82, 2.24) is 15.0 Å². The molecule has 2 fully saturated rings. The number of rotatable bonds is 3. The van der Waals surface area contributed by atoms with E-state index in [9.17, 15) is 0 Å². The van der Waals surface area contributed by atoms with E-state index in [0.717, 1.165) is 37.6 Å². The summed E-state index contributed by atoms with van der Waals surface area (Å²) in [6.07, 6.45) is 4.29. The Balaban J connectivity index is 1.63. The third kappa shape index (κ3) is 2.25. The normalized spacial score (nSPS) is 23.8. The number of aromatic nitrogens is 2. The van der Waals surface area contributed by atoms with Gasteiger partial charge in [-0.1, -0.05) is 5.16 Å². The van der Waals surface area contributed by atoms with Crippen molar-refractivity contribution in [3.05, 3.63) is 11.7 Å². The van der Waals surface area contributed by atoms with Gasteiger partial charge in [-0.05, 0) is 32.6 Å². The van der Waals surface area contributed by atoms with Crippen molar-refractivity contribution < 1.29 is 4.52 Å². The molecule has 1 atom stereocenters. The van der Waals surface area contributed by atoms with Gasteiger partial charge in [-0.2, -0.15) is 10.2 Å². The predicted molar refractivity (Wildman–Crippen MR) is 64.6 cm³/mol. The molecule has 18 heavy (non-hydrogen) atoms. The molecule has 2 heterocycles. The summed E-state index contributed by atoms with van der Waals surface area (Å²) >= 11 is 0. The maximum absolute atomic E-state index is 8.89. The lowest BCUT2D eigenvalue weighted by Gasteiger charge is -2.32. The first-order chi connectivity index (χ1) is 8.78. The van der Waals surface area contributed by atoms with Crippen LogP contribution in [0.25, 0.3) is 0 Å². The Hall–Kier alpha value is -1.41. The minimum Gasteiger partial charge on any atom is -0.338 e.